The number of rotatable bonds is 3. The summed E-state index contributed by atoms with van der Waals surface area (Å²) in [5.74, 6) is -4.58. The van der Waals surface area contributed by atoms with Crippen LogP contribution in [0.25, 0.3) is 0 Å². The van der Waals surface area contributed by atoms with Crippen molar-refractivity contribution in [1.29, 1.82) is 0 Å². The number of aromatic hydroxyl groups is 1. The topological polar surface area (TPSA) is 87.0 Å². The fraction of sp³-hybridized carbons (Fsp3) is 0.300. The van der Waals surface area contributed by atoms with Crippen LogP contribution in [-0.2, 0) is 9.53 Å². The number of carbonyl (C=O) groups is 1. The first-order valence-corrected chi connectivity index (χ1v) is 4.50. The van der Waals surface area contributed by atoms with Crippen molar-refractivity contribution in [3.8, 4) is 5.75 Å². The van der Waals surface area contributed by atoms with Crippen molar-refractivity contribution in [2.24, 2.45) is 0 Å². The van der Waals surface area contributed by atoms with Gasteiger partial charge >= 0.3 is 5.97 Å². The van der Waals surface area contributed by atoms with E-state index in [1.54, 1.807) is 0 Å². The smallest absolute Gasteiger partial charge is 0.337 e. The van der Waals surface area contributed by atoms with E-state index in [2.05, 4.69) is 4.74 Å². The summed E-state index contributed by atoms with van der Waals surface area (Å²) in [6.07, 6.45) is -3.92. The normalized spacial score (nSPS) is 14.2. The van der Waals surface area contributed by atoms with Gasteiger partial charge in [-0.2, -0.15) is 0 Å². The van der Waals surface area contributed by atoms with E-state index in [1.807, 2.05) is 0 Å². The van der Waals surface area contributed by atoms with E-state index in [0.29, 0.717) is 12.1 Å². The van der Waals surface area contributed by atoms with Crippen molar-refractivity contribution >= 4 is 5.97 Å². The van der Waals surface area contributed by atoms with Crippen molar-refractivity contribution in [1.82, 2.24) is 0 Å². The molecule has 1 rings (SSSR count). The Balaban J connectivity index is 3.08. The number of aliphatic hydroxyl groups excluding tert-OH is 2. The van der Waals surface area contributed by atoms with Crippen molar-refractivity contribution in [3.05, 3.63) is 29.3 Å². The summed E-state index contributed by atoms with van der Waals surface area (Å²) in [6.45, 7) is 0. The number of hydrogen-bond donors (Lipinski definition) is 3. The molecule has 2 unspecified atom stereocenters. The van der Waals surface area contributed by atoms with E-state index in [4.69, 9.17) is 0 Å². The first kappa shape index (κ1) is 13.3. The van der Waals surface area contributed by atoms with Gasteiger partial charge in [-0.1, -0.05) is 0 Å². The summed E-state index contributed by atoms with van der Waals surface area (Å²) >= 11 is 0. The van der Waals surface area contributed by atoms with E-state index in [-0.39, 0.29) is 0 Å². The average Bonchev–Trinajstić information content (AvgIpc) is 2.31. The molecule has 3 N–H and O–H groups in total. The van der Waals surface area contributed by atoms with Crippen molar-refractivity contribution in [3.63, 3.8) is 0 Å². The van der Waals surface area contributed by atoms with Gasteiger partial charge in [0, 0.05) is 11.6 Å². The molecule has 2 atom stereocenters. The number of esters is 1. The molecule has 0 aliphatic carbocycles. The van der Waals surface area contributed by atoms with E-state index in [1.165, 1.54) is 0 Å². The molecular weight excluding hydrogens is 238 g/mol. The molecule has 94 valence electrons. The Morgan fingerprint density at radius 1 is 1.29 bits per heavy atom. The fourth-order valence-electron chi connectivity index (χ4n) is 1.21. The van der Waals surface area contributed by atoms with E-state index in [9.17, 15) is 28.9 Å². The van der Waals surface area contributed by atoms with Crippen molar-refractivity contribution in [2.75, 3.05) is 7.11 Å². The van der Waals surface area contributed by atoms with Gasteiger partial charge in [0.05, 0.1) is 7.11 Å². The second kappa shape index (κ2) is 5.07. The third-order valence-electron chi connectivity index (χ3n) is 2.13. The van der Waals surface area contributed by atoms with Crippen LogP contribution in [-0.4, -0.2) is 34.5 Å². The Labute approximate surface area is 94.9 Å². The van der Waals surface area contributed by atoms with Crippen LogP contribution in [0.3, 0.4) is 0 Å². The molecule has 0 aromatic heterocycles. The molecule has 0 bridgehead atoms. The second-order valence-corrected chi connectivity index (χ2v) is 3.24. The average molecular weight is 248 g/mol. The lowest BCUT2D eigenvalue weighted by molar-refractivity contribution is -0.156. The van der Waals surface area contributed by atoms with Gasteiger partial charge in [-0.05, 0) is 6.07 Å². The zero-order valence-electron chi connectivity index (χ0n) is 8.72. The minimum Gasteiger partial charge on any atom is -0.507 e. The monoisotopic (exact) mass is 248 g/mol. The minimum absolute atomic E-state index is 0.428. The summed E-state index contributed by atoms with van der Waals surface area (Å²) in [5.41, 5.74) is -0.512. The number of aliphatic hydroxyl groups is 2. The first-order valence-electron chi connectivity index (χ1n) is 4.50. The highest BCUT2D eigenvalue weighted by atomic mass is 19.2. The Bertz CT molecular complexity index is 435. The Kier molecular flexibility index (Phi) is 3.97. The van der Waals surface area contributed by atoms with Crippen molar-refractivity contribution < 1.29 is 33.6 Å². The highest BCUT2D eigenvalue weighted by molar-refractivity contribution is 5.75. The number of phenols is 1. The third-order valence-corrected chi connectivity index (χ3v) is 2.13. The lowest BCUT2D eigenvalue weighted by Gasteiger charge is -2.17. The fourth-order valence-corrected chi connectivity index (χ4v) is 1.21. The summed E-state index contributed by atoms with van der Waals surface area (Å²) in [5, 5.41) is 28.0. The number of ether oxygens (including phenoxy) is 1. The molecule has 1 aromatic rings. The summed E-state index contributed by atoms with van der Waals surface area (Å²) in [4.78, 5) is 10.9. The molecule has 7 heteroatoms. The SMILES string of the molecule is COC(=O)C(O)C(O)c1cc(F)c(F)cc1O. The number of benzene rings is 1. The van der Waals surface area contributed by atoms with Crippen LogP contribution >= 0.6 is 0 Å². The predicted octanol–water partition coefficient (Wildman–Crippen LogP) is 0.238. The van der Waals surface area contributed by atoms with Gasteiger partial charge in [-0.25, -0.2) is 13.6 Å². The molecule has 17 heavy (non-hydrogen) atoms. The summed E-state index contributed by atoms with van der Waals surface area (Å²) in [7, 11) is 0.976. The van der Waals surface area contributed by atoms with Gasteiger partial charge in [0.25, 0.3) is 0 Å². The zero-order valence-corrected chi connectivity index (χ0v) is 8.72. The molecule has 0 saturated carbocycles. The maximum absolute atomic E-state index is 12.9. The zero-order chi connectivity index (χ0) is 13.2. The standard InChI is InChI=1S/C10H10F2O5/c1-17-10(16)9(15)8(14)4-2-5(11)6(12)3-7(4)13/h2-3,8-9,13-15H,1H3. The molecule has 0 heterocycles. The molecule has 0 aliphatic rings. The minimum atomic E-state index is -2.00. The lowest BCUT2D eigenvalue weighted by Crippen LogP contribution is -2.29. The van der Waals surface area contributed by atoms with Gasteiger partial charge in [-0.3, -0.25) is 0 Å². The third kappa shape index (κ3) is 2.69. The number of carbonyl (C=O) groups excluding carboxylic acids is 1. The molecule has 5 nitrogen and oxygen atoms in total. The van der Waals surface area contributed by atoms with Crippen LogP contribution in [0.4, 0.5) is 8.78 Å². The molecule has 0 saturated heterocycles. The highest BCUT2D eigenvalue weighted by Crippen LogP contribution is 2.29. The number of phenolic OH excluding ortho intramolecular Hbond substituents is 1. The first-order chi connectivity index (χ1) is 7.88. The Morgan fingerprint density at radius 3 is 2.35 bits per heavy atom. The van der Waals surface area contributed by atoms with Gasteiger partial charge in [0.1, 0.15) is 11.9 Å². The quantitative estimate of drug-likeness (QED) is 0.667. The van der Waals surface area contributed by atoms with E-state index in [0.717, 1.165) is 7.11 Å². The van der Waals surface area contributed by atoms with Crippen LogP contribution in [0.1, 0.15) is 11.7 Å². The largest absolute Gasteiger partial charge is 0.507 e. The van der Waals surface area contributed by atoms with Crippen LogP contribution in [0.5, 0.6) is 5.75 Å². The van der Waals surface area contributed by atoms with E-state index < -0.39 is 41.1 Å². The van der Waals surface area contributed by atoms with Crippen LogP contribution < -0.4 is 0 Å². The molecule has 1 aromatic carbocycles. The summed E-state index contributed by atoms with van der Waals surface area (Å²) < 4.78 is 29.7. The van der Waals surface area contributed by atoms with Crippen molar-refractivity contribution in [2.45, 2.75) is 12.2 Å². The van der Waals surface area contributed by atoms with Gasteiger partial charge in [0.15, 0.2) is 17.7 Å². The lowest BCUT2D eigenvalue weighted by atomic mass is 10.0. The molecule has 0 spiro atoms. The molecule has 0 fully saturated rings. The van der Waals surface area contributed by atoms with Crippen LogP contribution in [0.2, 0.25) is 0 Å². The molecular formula is C10H10F2O5. The Hall–Kier alpha value is -1.73. The maximum Gasteiger partial charge on any atom is 0.337 e. The maximum atomic E-state index is 12.9. The number of hydrogen-bond acceptors (Lipinski definition) is 5. The summed E-state index contributed by atoms with van der Waals surface area (Å²) in [6, 6.07) is 0.916. The number of methoxy groups -OCH3 is 1. The van der Waals surface area contributed by atoms with Crippen LogP contribution in [0.15, 0.2) is 12.1 Å². The van der Waals surface area contributed by atoms with E-state index >= 15 is 0 Å². The predicted molar refractivity (Wildman–Crippen MR) is 51.0 cm³/mol. The van der Waals surface area contributed by atoms with Gasteiger partial charge < -0.3 is 20.1 Å². The molecule has 0 radical (unpaired) electrons. The molecule has 0 aliphatic heterocycles. The number of halogens is 2. The second-order valence-electron chi connectivity index (χ2n) is 3.24. The van der Waals surface area contributed by atoms with Gasteiger partial charge in [0.2, 0.25) is 0 Å². The molecule has 0 amide bonds. The Morgan fingerprint density at radius 2 is 1.82 bits per heavy atom. The van der Waals surface area contributed by atoms with Crippen LogP contribution in [0, 0.1) is 11.6 Å². The van der Waals surface area contributed by atoms with Gasteiger partial charge in [-0.15, -0.1) is 0 Å². The highest BCUT2D eigenvalue weighted by Gasteiger charge is 2.29.